The predicted octanol–water partition coefficient (Wildman–Crippen LogP) is 0.588. The highest BCUT2D eigenvalue weighted by molar-refractivity contribution is 5.95. The van der Waals surface area contributed by atoms with Gasteiger partial charge in [0.2, 0.25) is 0 Å². The third-order valence-corrected chi connectivity index (χ3v) is 3.23. The fraction of sp³-hybridized carbons (Fsp3) is 0.462. The maximum Gasteiger partial charge on any atom is 0.251 e. The highest BCUT2D eigenvalue weighted by Gasteiger charge is 2.31. The Labute approximate surface area is 105 Å². The number of nitrogens with one attached hydrogen (secondary N) is 2. The Balaban J connectivity index is 1.99. The van der Waals surface area contributed by atoms with Gasteiger partial charge in [-0.1, -0.05) is 0 Å². The summed E-state index contributed by atoms with van der Waals surface area (Å²) in [7, 11) is 0. The molecule has 1 aliphatic heterocycles. The van der Waals surface area contributed by atoms with Crippen molar-refractivity contribution >= 4 is 5.91 Å². The Morgan fingerprint density at radius 2 is 2.39 bits per heavy atom. The summed E-state index contributed by atoms with van der Waals surface area (Å²) in [6.07, 6.45) is 0.621. The van der Waals surface area contributed by atoms with Gasteiger partial charge in [0.05, 0.1) is 5.60 Å². The summed E-state index contributed by atoms with van der Waals surface area (Å²) in [5.41, 5.74) is 0.152. The Bertz CT molecular complexity index is 456. The van der Waals surface area contributed by atoms with Crippen molar-refractivity contribution in [3.63, 3.8) is 0 Å². The molecule has 0 radical (unpaired) electrons. The van der Waals surface area contributed by atoms with Gasteiger partial charge in [0.1, 0.15) is 5.82 Å². The highest BCUT2D eigenvalue weighted by Crippen LogP contribution is 2.14. The van der Waals surface area contributed by atoms with Gasteiger partial charge in [-0.3, -0.25) is 4.79 Å². The molecule has 18 heavy (non-hydrogen) atoms. The number of rotatable bonds is 3. The van der Waals surface area contributed by atoms with Crippen molar-refractivity contribution in [2.75, 3.05) is 19.6 Å². The maximum absolute atomic E-state index is 12.9. The molecular formula is C13H17FN2O2. The molecule has 0 spiro atoms. The number of amides is 1. The van der Waals surface area contributed by atoms with Crippen LogP contribution in [0.1, 0.15) is 22.3 Å². The lowest BCUT2D eigenvalue weighted by molar-refractivity contribution is 0.0561. The number of carbonyl (C=O) groups is 1. The number of aryl methyl sites for hydroxylation is 1. The van der Waals surface area contributed by atoms with E-state index >= 15 is 0 Å². The molecule has 0 saturated carbocycles. The van der Waals surface area contributed by atoms with Gasteiger partial charge in [-0.15, -0.1) is 0 Å². The van der Waals surface area contributed by atoms with E-state index in [-0.39, 0.29) is 18.3 Å². The topological polar surface area (TPSA) is 61.4 Å². The van der Waals surface area contributed by atoms with Crippen LogP contribution in [0, 0.1) is 12.7 Å². The number of hydrogen-bond acceptors (Lipinski definition) is 3. The molecule has 1 aromatic carbocycles. The largest absolute Gasteiger partial charge is 0.387 e. The second-order valence-corrected chi connectivity index (χ2v) is 4.79. The zero-order valence-electron chi connectivity index (χ0n) is 10.3. The first-order chi connectivity index (χ1) is 8.50. The highest BCUT2D eigenvalue weighted by atomic mass is 19.1. The summed E-state index contributed by atoms with van der Waals surface area (Å²) < 4.78 is 12.9. The van der Waals surface area contributed by atoms with Crippen LogP contribution in [-0.2, 0) is 0 Å². The molecule has 1 atom stereocenters. The standard InChI is InChI=1S/C13H17FN2O2/c1-9-6-10(14)2-3-11(9)12(17)16-8-13(18)4-5-15-7-13/h2-3,6,15,18H,4-5,7-8H2,1H3,(H,16,17). The third-order valence-electron chi connectivity index (χ3n) is 3.23. The Morgan fingerprint density at radius 1 is 1.61 bits per heavy atom. The van der Waals surface area contributed by atoms with Crippen LogP contribution in [0.2, 0.25) is 0 Å². The monoisotopic (exact) mass is 252 g/mol. The van der Waals surface area contributed by atoms with E-state index in [1.165, 1.54) is 18.2 Å². The minimum Gasteiger partial charge on any atom is -0.387 e. The third kappa shape index (κ3) is 2.86. The molecule has 0 bridgehead atoms. The molecule has 1 aromatic rings. The first kappa shape index (κ1) is 13.0. The fourth-order valence-corrected chi connectivity index (χ4v) is 2.10. The van der Waals surface area contributed by atoms with Gasteiger partial charge in [0.25, 0.3) is 5.91 Å². The molecule has 1 saturated heterocycles. The van der Waals surface area contributed by atoms with Crippen LogP contribution in [0.4, 0.5) is 4.39 Å². The second-order valence-electron chi connectivity index (χ2n) is 4.79. The van der Waals surface area contributed by atoms with Gasteiger partial charge in [0, 0.05) is 18.7 Å². The van der Waals surface area contributed by atoms with Crippen LogP contribution in [0.25, 0.3) is 0 Å². The van der Waals surface area contributed by atoms with E-state index in [2.05, 4.69) is 10.6 Å². The summed E-state index contributed by atoms with van der Waals surface area (Å²) in [6.45, 7) is 3.12. The van der Waals surface area contributed by atoms with Crippen LogP contribution < -0.4 is 10.6 Å². The average Bonchev–Trinajstić information content (AvgIpc) is 2.74. The van der Waals surface area contributed by atoms with Crippen molar-refractivity contribution in [3.05, 3.63) is 35.1 Å². The van der Waals surface area contributed by atoms with Crippen LogP contribution in [0.5, 0.6) is 0 Å². The number of benzene rings is 1. The van der Waals surface area contributed by atoms with Crippen molar-refractivity contribution in [3.8, 4) is 0 Å². The second kappa shape index (κ2) is 5.04. The SMILES string of the molecule is Cc1cc(F)ccc1C(=O)NCC1(O)CCNC1. The molecule has 1 heterocycles. The quantitative estimate of drug-likeness (QED) is 0.738. The average molecular weight is 252 g/mol. The molecule has 2 rings (SSSR count). The van der Waals surface area contributed by atoms with E-state index in [0.29, 0.717) is 24.1 Å². The van der Waals surface area contributed by atoms with Crippen LogP contribution in [0.3, 0.4) is 0 Å². The summed E-state index contributed by atoms with van der Waals surface area (Å²) in [5, 5.41) is 15.8. The van der Waals surface area contributed by atoms with Crippen LogP contribution >= 0.6 is 0 Å². The predicted molar refractivity (Wildman–Crippen MR) is 65.9 cm³/mol. The van der Waals surface area contributed by atoms with Crippen molar-refractivity contribution in [2.24, 2.45) is 0 Å². The van der Waals surface area contributed by atoms with Gasteiger partial charge in [-0.2, -0.15) is 0 Å². The zero-order chi connectivity index (χ0) is 13.2. The summed E-state index contributed by atoms with van der Waals surface area (Å²) in [5.74, 6) is -0.643. The van der Waals surface area contributed by atoms with Gasteiger partial charge in [-0.25, -0.2) is 4.39 Å². The smallest absolute Gasteiger partial charge is 0.251 e. The Hall–Kier alpha value is -1.46. The van der Waals surface area contributed by atoms with Crippen LogP contribution in [-0.4, -0.2) is 36.2 Å². The minimum absolute atomic E-state index is 0.204. The van der Waals surface area contributed by atoms with Crippen molar-refractivity contribution in [1.82, 2.24) is 10.6 Å². The molecular weight excluding hydrogens is 235 g/mol. The molecule has 5 heteroatoms. The molecule has 1 unspecified atom stereocenters. The number of hydrogen-bond donors (Lipinski definition) is 3. The number of carbonyl (C=O) groups excluding carboxylic acids is 1. The van der Waals surface area contributed by atoms with E-state index < -0.39 is 5.60 Å². The lowest BCUT2D eigenvalue weighted by Crippen LogP contribution is -2.44. The number of β-amino-alcohol motifs (C(OH)–C–C–N with tert-alkyl or cyclic N) is 1. The van der Waals surface area contributed by atoms with E-state index in [1.54, 1.807) is 6.92 Å². The Morgan fingerprint density at radius 3 is 3.00 bits per heavy atom. The van der Waals surface area contributed by atoms with E-state index in [4.69, 9.17) is 0 Å². The molecule has 1 fully saturated rings. The lowest BCUT2D eigenvalue weighted by atomic mass is 10.0. The first-order valence-corrected chi connectivity index (χ1v) is 5.98. The summed E-state index contributed by atoms with van der Waals surface area (Å²) >= 11 is 0. The molecule has 98 valence electrons. The van der Waals surface area contributed by atoms with E-state index in [1.807, 2.05) is 0 Å². The summed E-state index contributed by atoms with van der Waals surface area (Å²) in [4.78, 5) is 11.9. The Kier molecular flexibility index (Phi) is 3.63. The molecule has 4 nitrogen and oxygen atoms in total. The van der Waals surface area contributed by atoms with Gasteiger partial charge in [-0.05, 0) is 43.7 Å². The van der Waals surface area contributed by atoms with Crippen molar-refractivity contribution < 1.29 is 14.3 Å². The molecule has 1 aliphatic rings. The zero-order valence-corrected chi connectivity index (χ0v) is 10.3. The normalized spacial score (nSPS) is 23.1. The maximum atomic E-state index is 12.9. The van der Waals surface area contributed by atoms with E-state index in [9.17, 15) is 14.3 Å². The van der Waals surface area contributed by atoms with Crippen LogP contribution in [0.15, 0.2) is 18.2 Å². The van der Waals surface area contributed by atoms with Gasteiger partial charge < -0.3 is 15.7 Å². The lowest BCUT2D eigenvalue weighted by Gasteiger charge is -2.21. The molecule has 0 aliphatic carbocycles. The number of aliphatic hydroxyl groups is 1. The fourth-order valence-electron chi connectivity index (χ4n) is 2.10. The number of halogens is 1. The van der Waals surface area contributed by atoms with Crippen molar-refractivity contribution in [2.45, 2.75) is 18.9 Å². The van der Waals surface area contributed by atoms with Gasteiger partial charge >= 0.3 is 0 Å². The molecule has 3 N–H and O–H groups in total. The molecule has 0 aromatic heterocycles. The molecule has 1 amide bonds. The minimum atomic E-state index is -0.871. The summed E-state index contributed by atoms with van der Waals surface area (Å²) in [6, 6.07) is 4.03. The van der Waals surface area contributed by atoms with Crippen molar-refractivity contribution in [1.29, 1.82) is 0 Å². The van der Waals surface area contributed by atoms with E-state index in [0.717, 1.165) is 6.54 Å². The van der Waals surface area contributed by atoms with Gasteiger partial charge in [0.15, 0.2) is 0 Å². The first-order valence-electron chi connectivity index (χ1n) is 5.98.